The number of aromatic amines is 1. The first-order chi connectivity index (χ1) is 10.8. The zero-order chi connectivity index (χ0) is 14.9. The van der Waals surface area contributed by atoms with Gasteiger partial charge in [-0.25, -0.2) is 0 Å². The van der Waals surface area contributed by atoms with Crippen LogP contribution in [-0.2, 0) is 0 Å². The van der Waals surface area contributed by atoms with Gasteiger partial charge in [-0.3, -0.25) is 9.89 Å². The molecule has 4 atom stereocenters. The van der Waals surface area contributed by atoms with Gasteiger partial charge in [0.05, 0.1) is 0 Å². The van der Waals surface area contributed by atoms with Crippen molar-refractivity contribution >= 4 is 5.91 Å². The summed E-state index contributed by atoms with van der Waals surface area (Å²) in [6.45, 7) is 0. The maximum absolute atomic E-state index is 12.4. The number of benzene rings is 1. The van der Waals surface area contributed by atoms with E-state index in [2.05, 4.69) is 45.8 Å². The van der Waals surface area contributed by atoms with E-state index in [-0.39, 0.29) is 11.9 Å². The van der Waals surface area contributed by atoms with E-state index in [1.807, 2.05) is 0 Å². The van der Waals surface area contributed by atoms with Crippen molar-refractivity contribution in [3.63, 3.8) is 0 Å². The standard InChI is InChI=1S/C18H21N3O/c22-18(15-10-11-19-21-15)20-17-14-9-5-4-8-13(14)16(17)12-6-2-1-3-7-12/h1-3,6-7,10-11,13-14,16-17H,4-5,8-9H2,(H,19,21)(H,20,22)/t13-,14+,16-,17-/m0/s1. The fourth-order valence-electron chi connectivity index (χ4n) is 4.41. The lowest BCUT2D eigenvalue weighted by molar-refractivity contribution is 0.0250. The summed E-state index contributed by atoms with van der Waals surface area (Å²) in [7, 11) is 0. The summed E-state index contributed by atoms with van der Waals surface area (Å²) in [6, 6.07) is 12.6. The predicted octanol–water partition coefficient (Wildman–Crippen LogP) is 3.11. The van der Waals surface area contributed by atoms with E-state index in [0.717, 1.165) is 5.92 Å². The quantitative estimate of drug-likeness (QED) is 0.914. The third-order valence-corrected chi connectivity index (χ3v) is 5.41. The van der Waals surface area contributed by atoms with Crippen molar-refractivity contribution in [3.05, 3.63) is 53.9 Å². The highest BCUT2D eigenvalue weighted by atomic mass is 16.2. The van der Waals surface area contributed by atoms with Gasteiger partial charge in [0.1, 0.15) is 5.69 Å². The Labute approximate surface area is 130 Å². The first-order valence-electron chi connectivity index (χ1n) is 8.20. The molecule has 1 aromatic heterocycles. The minimum absolute atomic E-state index is 0.0348. The summed E-state index contributed by atoms with van der Waals surface area (Å²) >= 11 is 0. The monoisotopic (exact) mass is 295 g/mol. The maximum atomic E-state index is 12.4. The second kappa shape index (κ2) is 5.59. The zero-order valence-electron chi connectivity index (χ0n) is 12.5. The number of rotatable bonds is 3. The van der Waals surface area contributed by atoms with Crippen LogP contribution in [0, 0.1) is 11.8 Å². The second-order valence-electron chi connectivity index (χ2n) is 6.52. The molecular formula is C18H21N3O. The van der Waals surface area contributed by atoms with Gasteiger partial charge in [0, 0.05) is 18.2 Å². The van der Waals surface area contributed by atoms with Gasteiger partial charge in [-0.05, 0) is 36.3 Å². The Hall–Kier alpha value is -2.10. The first kappa shape index (κ1) is 13.6. The molecule has 2 fully saturated rings. The lowest BCUT2D eigenvalue weighted by atomic mass is 9.53. The molecule has 22 heavy (non-hydrogen) atoms. The first-order valence-corrected chi connectivity index (χ1v) is 8.20. The molecule has 114 valence electrons. The summed E-state index contributed by atoms with van der Waals surface area (Å²) < 4.78 is 0. The van der Waals surface area contributed by atoms with E-state index in [1.165, 1.54) is 31.2 Å². The fraction of sp³-hybridized carbons (Fsp3) is 0.444. The minimum Gasteiger partial charge on any atom is -0.347 e. The average Bonchev–Trinajstić information content (AvgIpc) is 3.08. The van der Waals surface area contributed by atoms with Crippen molar-refractivity contribution in [2.45, 2.75) is 37.6 Å². The van der Waals surface area contributed by atoms with Crippen molar-refractivity contribution in [2.24, 2.45) is 11.8 Å². The largest absolute Gasteiger partial charge is 0.347 e. The van der Waals surface area contributed by atoms with Crippen LogP contribution < -0.4 is 5.32 Å². The van der Waals surface area contributed by atoms with Crippen molar-refractivity contribution in [2.75, 3.05) is 0 Å². The molecule has 2 aliphatic rings. The Morgan fingerprint density at radius 1 is 1.09 bits per heavy atom. The lowest BCUT2D eigenvalue weighted by Gasteiger charge is -2.55. The zero-order valence-corrected chi connectivity index (χ0v) is 12.5. The second-order valence-corrected chi connectivity index (χ2v) is 6.52. The molecule has 4 rings (SSSR count). The van der Waals surface area contributed by atoms with Gasteiger partial charge < -0.3 is 5.32 Å². The third-order valence-electron chi connectivity index (χ3n) is 5.41. The van der Waals surface area contributed by atoms with E-state index in [1.54, 1.807) is 12.3 Å². The number of H-pyrrole nitrogens is 1. The summed E-state index contributed by atoms with van der Waals surface area (Å²) in [6.07, 6.45) is 6.77. The Morgan fingerprint density at radius 3 is 2.59 bits per heavy atom. The molecule has 1 amide bonds. The lowest BCUT2D eigenvalue weighted by Crippen LogP contribution is -2.59. The number of fused-ring (bicyclic) bond motifs is 1. The minimum atomic E-state index is -0.0348. The third kappa shape index (κ3) is 2.23. The molecule has 2 N–H and O–H groups in total. The highest BCUT2D eigenvalue weighted by molar-refractivity contribution is 5.92. The van der Waals surface area contributed by atoms with Crippen molar-refractivity contribution in [1.82, 2.24) is 15.5 Å². The molecule has 0 aliphatic heterocycles. The Kier molecular flexibility index (Phi) is 3.45. The van der Waals surface area contributed by atoms with Crippen molar-refractivity contribution in [3.8, 4) is 0 Å². The van der Waals surface area contributed by atoms with Crippen LogP contribution in [0.3, 0.4) is 0 Å². The molecule has 1 heterocycles. The van der Waals surface area contributed by atoms with E-state index in [0.29, 0.717) is 17.5 Å². The van der Waals surface area contributed by atoms with E-state index < -0.39 is 0 Å². The normalized spacial score (nSPS) is 30.2. The smallest absolute Gasteiger partial charge is 0.269 e. The van der Waals surface area contributed by atoms with E-state index in [4.69, 9.17) is 0 Å². The number of hydrogen-bond acceptors (Lipinski definition) is 2. The topological polar surface area (TPSA) is 57.8 Å². The van der Waals surface area contributed by atoms with Gasteiger partial charge in [0.25, 0.3) is 5.91 Å². The van der Waals surface area contributed by atoms with Crippen molar-refractivity contribution in [1.29, 1.82) is 0 Å². The molecular weight excluding hydrogens is 274 g/mol. The van der Waals surface area contributed by atoms with Gasteiger partial charge in [-0.2, -0.15) is 5.10 Å². The van der Waals surface area contributed by atoms with Crippen LogP contribution in [0.4, 0.5) is 0 Å². The number of nitrogens with one attached hydrogen (secondary N) is 2. The summed E-state index contributed by atoms with van der Waals surface area (Å²) in [5, 5.41) is 9.88. The Bertz CT molecular complexity index is 638. The fourth-order valence-corrected chi connectivity index (χ4v) is 4.41. The summed E-state index contributed by atoms with van der Waals surface area (Å²) in [5.74, 6) is 1.78. The Morgan fingerprint density at radius 2 is 1.86 bits per heavy atom. The van der Waals surface area contributed by atoms with Crippen LogP contribution in [0.5, 0.6) is 0 Å². The van der Waals surface area contributed by atoms with E-state index >= 15 is 0 Å². The predicted molar refractivity (Wildman–Crippen MR) is 84.5 cm³/mol. The van der Waals surface area contributed by atoms with Crippen molar-refractivity contribution < 1.29 is 4.79 Å². The number of carbonyl (C=O) groups excluding carboxylic acids is 1. The number of nitrogens with zero attached hydrogens (tertiary/aromatic N) is 1. The van der Waals surface area contributed by atoms with Gasteiger partial charge in [0.15, 0.2) is 0 Å². The number of aromatic nitrogens is 2. The molecule has 0 radical (unpaired) electrons. The highest BCUT2D eigenvalue weighted by Crippen LogP contribution is 2.54. The molecule has 2 aromatic rings. The number of amides is 1. The molecule has 0 unspecified atom stereocenters. The molecule has 4 nitrogen and oxygen atoms in total. The SMILES string of the molecule is O=C(N[C@H]1[C@@H]2CCCC[C@@H]2[C@@H]1c1ccccc1)c1ccn[nH]1. The van der Waals surface area contributed by atoms with Gasteiger partial charge in [-0.15, -0.1) is 0 Å². The number of carbonyl (C=O) groups is 1. The van der Waals surface area contributed by atoms with Gasteiger partial charge in [-0.1, -0.05) is 43.2 Å². The molecule has 0 spiro atoms. The molecule has 0 saturated heterocycles. The Balaban J connectivity index is 1.57. The van der Waals surface area contributed by atoms with E-state index in [9.17, 15) is 4.79 Å². The van der Waals surface area contributed by atoms with Crippen LogP contribution in [-0.4, -0.2) is 22.1 Å². The van der Waals surface area contributed by atoms with Crippen LogP contribution in [0.25, 0.3) is 0 Å². The average molecular weight is 295 g/mol. The maximum Gasteiger partial charge on any atom is 0.269 e. The van der Waals surface area contributed by atoms with Crippen LogP contribution in [0.2, 0.25) is 0 Å². The van der Waals surface area contributed by atoms with Crippen LogP contribution in [0.1, 0.15) is 47.7 Å². The number of hydrogen-bond donors (Lipinski definition) is 2. The molecule has 2 saturated carbocycles. The summed E-state index contributed by atoms with van der Waals surface area (Å²) in [5.41, 5.74) is 1.91. The molecule has 4 heteroatoms. The molecule has 0 bridgehead atoms. The molecule has 1 aromatic carbocycles. The van der Waals surface area contributed by atoms with Gasteiger partial charge in [0.2, 0.25) is 0 Å². The molecule has 2 aliphatic carbocycles. The van der Waals surface area contributed by atoms with Crippen LogP contribution in [0.15, 0.2) is 42.6 Å². The highest BCUT2D eigenvalue weighted by Gasteiger charge is 2.51. The van der Waals surface area contributed by atoms with Gasteiger partial charge >= 0.3 is 0 Å². The van der Waals surface area contributed by atoms with Crippen LogP contribution >= 0.6 is 0 Å². The summed E-state index contributed by atoms with van der Waals surface area (Å²) in [4.78, 5) is 12.4.